The highest BCUT2D eigenvalue weighted by atomic mass is 16.5. The van der Waals surface area contributed by atoms with Crippen LogP contribution in [0.2, 0.25) is 0 Å². The fourth-order valence-electron chi connectivity index (χ4n) is 4.69. The van der Waals surface area contributed by atoms with Crippen LogP contribution in [0.5, 0.6) is 5.75 Å². The van der Waals surface area contributed by atoms with E-state index < -0.39 is 0 Å². The molecule has 35 heavy (non-hydrogen) atoms. The summed E-state index contributed by atoms with van der Waals surface area (Å²) in [6.07, 6.45) is 1.42. The molecule has 2 aromatic rings. The lowest BCUT2D eigenvalue weighted by atomic mass is 9.94. The predicted octanol–water partition coefficient (Wildman–Crippen LogP) is 3.68. The molecule has 0 spiro atoms. The number of hydrogen-bond acceptors (Lipinski definition) is 5. The Labute approximate surface area is 206 Å². The number of ether oxygens (including phenoxy) is 2. The van der Waals surface area contributed by atoms with Crippen LogP contribution >= 0.6 is 0 Å². The van der Waals surface area contributed by atoms with Gasteiger partial charge in [0.15, 0.2) is 0 Å². The molecule has 2 aromatic carbocycles. The minimum absolute atomic E-state index is 0.0620. The number of amides is 3. The highest BCUT2D eigenvalue weighted by molar-refractivity contribution is 5.99. The lowest BCUT2D eigenvalue weighted by Gasteiger charge is -2.42. The van der Waals surface area contributed by atoms with E-state index in [1.165, 1.54) is 0 Å². The molecular formula is C27H33N3O5. The summed E-state index contributed by atoms with van der Waals surface area (Å²) in [6, 6.07) is 14.7. The Morgan fingerprint density at radius 3 is 2.63 bits per heavy atom. The van der Waals surface area contributed by atoms with Crippen LogP contribution in [0.15, 0.2) is 48.5 Å². The molecule has 0 aromatic heterocycles. The number of fused-ring (bicyclic) bond motifs is 2. The number of hydrogen-bond donors (Lipinski definition) is 2. The first-order valence-corrected chi connectivity index (χ1v) is 12.2. The molecule has 3 amide bonds. The van der Waals surface area contributed by atoms with Gasteiger partial charge in [-0.3, -0.25) is 14.4 Å². The summed E-state index contributed by atoms with van der Waals surface area (Å²) in [5.41, 5.74) is 2.03. The average Bonchev–Trinajstić information content (AvgIpc) is 2.86. The molecule has 2 aliphatic heterocycles. The minimum Gasteiger partial charge on any atom is -0.490 e. The number of benzene rings is 2. The normalized spacial score (nSPS) is 22.5. The van der Waals surface area contributed by atoms with Crippen LogP contribution in [-0.2, 0) is 14.3 Å². The van der Waals surface area contributed by atoms with E-state index in [2.05, 4.69) is 10.6 Å². The molecule has 0 aliphatic carbocycles. The summed E-state index contributed by atoms with van der Waals surface area (Å²) in [5, 5.41) is 5.83. The summed E-state index contributed by atoms with van der Waals surface area (Å²) >= 11 is 0. The van der Waals surface area contributed by atoms with E-state index in [-0.39, 0.29) is 55.0 Å². The monoisotopic (exact) mass is 479 g/mol. The molecule has 2 heterocycles. The first-order chi connectivity index (χ1) is 16.9. The zero-order valence-electron chi connectivity index (χ0n) is 20.5. The summed E-state index contributed by atoms with van der Waals surface area (Å²) in [7, 11) is 1.77. The number of carbonyl (C=O) groups excluding carboxylic acids is 3. The lowest BCUT2D eigenvalue weighted by molar-refractivity contribution is -0.134. The van der Waals surface area contributed by atoms with Crippen LogP contribution in [-0.4, -0.2) is 54.5 Å². The van der Waals surface area contributed by atoms with Gasteiger partial charge in [-0.25, -0.2) is 0 Å². The third-order valence-corrected chi connectivity index (χ3v) is 6.71. The van der Waals surface area contributed by atoms with Crippen molar-refractivity contribution in [3.63, 3.8) is 0 Å². The standard InChI is InChI=1S/C27H33N3O5/c1-4-25(31)29-19-10-13-23-21(14-19)27(33)30(3)22-12-11-20(35-24(22)16-34-23)15-26(32)28-17(2)18-8-6-5-7-9-18/h5-10,13-14,17,20,22,24H,4,11-12,15-16H2,1-3H3,(H,28,32)(H,29,31)/t17-,20+,22-,24-/m1/s1. The third kappa shape index (κ3) is 5.82. The van der Waals surface area contributed by atoms with Crippen molar-refractivity contribution in [2.75, 3.05) is 19.0 Å². The van der Waals surface area contributed by atoms with E-state index in [9.17, 15) is 14.4 Å². The van der Waals surface area contributed by atoms with Gasteiger partial charge >= 0.3 is 0 Å². The van der Waals surface area contributed by atoms with Gasteiger partial charge in [-0.05, 0) is 43.5 Å². The van der Waals surface area contributed by atoms with Crippen molar-refractivity contribution in [1.82, 2.24) is 10.2 Å². The fraction of sp³-hybridized carbons (Fsp3) is 0.444. The quantitative estimate of drug-likeness (QED) is 0.659. The van der Waals surface area contributed by atoms with E-state index in [0.29, 0.717) is 36.3 Å². The number of likely N-dealkylation sites (N-methyl/N-ethyl adjacent to an activating group) is 1. The highest BCUT2D eigenvalue weighted by Crippen LogP contribution is 2.32. The number of rotatable bonds is 6. The molecule has 1 saturated heterocycles. The molecule has 186 valence electrons. The molecule has 2 aliphatic rings. The molecular weight excluding hydrogens is 446 g/mol. The number of anilines is 1. The van der Waals surface area contributed by atoms with E-state index in [4.69, 9.17) is 9.47 Å². The van der Waals surface area contributed by atoms with Crippen LogP contribution in [0.25, 0.3) is 0 Å². The van der Waals surface area contributed by atoms with Crippen LogP contribution in [0.1, 0.15) is 61.5 Å². The van der Waals surface area contributed by atoms with Crippen LogP contribution < -0.4 is 15.4 Å². The van der Waals surface area contributed by atoms with Crippen molar-refractivity contribution in [2.24, 2.45) is 0 Å². The first-order valence-electron chi connectivity index (χ1n) is 12.2. The van der Waals surface area contributed by atoms with Gasteiger partial charge < -0.3 is 25.0 Å². The van der Waals surface area contributed by atoms with Gasteiger partial charge in [0.2, 0.25) is 11.8 Å². The molecule has 8 heteroatoms. The Kier molecular flexibility index (Phi) is 7.70. The third-order valence-electron chi connectivity index (χ3n) is 6.71. The number of nitrogens with one attached hydrogen (secondary N) is 2. The SMILES string of the molecule is CCC(=O)Nc1ccc2c(c1)C(=O)N(C)[C@@H]1CC[C@@H](CC(=O)N[C@H](C)c3ccccc3)O[C@@H]1CO2. The largest absolute Gasteiger partial charge is 0.490 e. The maximum Gasteiger partial charge on any atom is 0.257 e. The zero-order chi connectivity index (χ0) is 24.9. The van der Waals surface area contributed by atoms with Crippen molar-refractivity contribution in [1.29, 1.82) is 0 Å². The van der Waals surface area contributed by atoms with Crippen molar-refractivity contribution < 1.29 is 23.9 Å². The van der Waals surface area contributed by atoms with E-state index in [1.54, 1.807) is 37.1 Å². The second kappa shape index (κ2) is 10.9. The summed E-state index contributed by atoms with van der Waals surface area (Å²) < 4.78 is 12.3. The van der Waals surface area contributed by atoms with Crippen molar-refractivity contribution >= 4 is 23.4 Å². The second-order valence-corrected chi connectivity index (χ2v) is 9.18. The molecule has 4 rings (SSSR count). The van der Waals surface area contributed by atoms with Crippen LogP contribution in [0, 0.1) is 0 Å². The minimum atomic E-state index is -0.338. The number of nitrogens with zero attached hydrogens (tertiary/aromatic N) is 1. The summed E-state index contributed by atoms with van der Waals surface area (Å²) in [5.74, 6) is 0.0909. The van der Waals surface area contributed by atoms with Crippen molar-refractivity contribution in [3.05, 3.63) is 59.7 Å². The molecule has 2 N–H and O–H groups in total. The summed E-state index contributed by atoms with van der Waals surface area (Å²) in [4.78, 5) is 39.4. The molecule has 0 radical (unpaired) electrons. The van der Waals surface area contributed by atoms with E-state index >= 15 is 0 Å². The van der Waals surface area contributed by atoms with Crippen molar-refractivity contribution in [3.8, 4) is 5.75 Å². The predicted molar refractivity (Wildman–Crippen MR) is 132 cm³/mol. The molecule has 0 bridgehead atoms. The van der Waals surface area contributed by atoms with Crippen LogP contribution in [0.4, 0.5) is 5.69 Å². The van der Waals surface area contributed by atoms with Gasteiger partial charge in [0.25, 0.3) is 5.91 Å². The fourth-order valence-corrected chi connectivity index (χ4v) is 4.69. The van der Waals surface area contributed by atoms with Crippen LogP contribution in [0.3, 0.4) is 0 Å². The second-order valence-electron chi connectivity index (χ2n) is 9.18. The highest BCUT2D eigenvalue weighted by Gasteiger charge is 2.39. The molecule has 0 saturated carbocycles. The topological polar surface area (TPSA) is 97.0 Å². The van der Waals surface area contributed by atoms with Crippen molar-refractivity contribution in [2.45, 2.75) is 63.8 Å². The molecule has 0 unspecified atom stereocenters. The zero-order valence-corrected chi connectivity index (χ0v) is 20.5. The summed E-state index contributed by atoms with van der Waals surface area (Å²) in [6.45, 7) is 4.01. The Bertz CT molecular complexity index is 1070. The van der Waals surface area contributed by atoms with Gasteiger partial charge in [0.1, 0.15) is 18.5 Å². The smallest absolute Gasteiger partial charge is 0.257 e. The average molecular weight is 480 g/mol. The maximum atomic E-state index is 13.3. The van der Waals surface area contributed by atoms with E-state index in [1.807, 2.05) is 37.3 Å². The Morgan fingerprint density at radius 2 is 1.89 bits per heavy atom. The Morgan fingerprint density at radius 1 is 1.11 bits per heavy atom. The molecule has 4 atom stereocenters. The first kappa shape index (κ1) is 24.7. The van der Waals surface area contributed by atoms with Gasteiger partial charge in [-0.15, -0.1) is 0 Å². The lowest BCUT2D eigenvalue weighted by Crippen LogP contribution is -2.54. The maximum absolute atomic E-state index is 13.3. The molecule has 8 nitrogen and oxygen atoms in total. The molecule has 1 fully saturated rings. The number of carbonyl (C=O) groups is 3. The Balaban J connectivity index is 1.40. The van der Waals surface area contributed by atoms with Gasteiger partial charge in [-0.2, -0.15) is 0 Å². The van der Waals surface area contributed by atoms with Gasteiger partial charge in [0, 0.05) is 19.2 Å². The van der Waals surface area contributed by atoms with Gasteiger partial charge in [0.05, 0.1) is 30.2 Å². The van der Waals surface area contributed by atoms with Gasteiger partial charge in [-0.1, -0.05) is 37.3 Å². The van der Waals surface area contributed by atoms with E-state index in [0.717, 1.165) is 5.56 Å². The Hall–Kier alpha value is -3.39.